The molecule has 1 atom stereocenters. The second-order valence-corrected chi connectivity index (χ2v) is 6.80. The van der Waals surface area contributed by atoms with Crippen LogP contribution < -0.4 is 0 Å². The maximum Gasteiger partial charge on any atom is 0.0926 e. The van der Waals surface area contributed by atoms with Crippen LogP contribution in [0.25, 0.3) is 0 Å². The Balaban J connectivity index is 1.47. The Morgan fingerprint density at radius 3 is 2.88 bits per heavy atom. The lowest BCUT2D eigenvalue weighted by Crippen LogP contribution is -2.38. The summed E-state index contributed by atoms with van der Waals surface area (Å²) in [4.78, 5) is 10.4. The second kappa shape index (κ2) is 7.43. The zero-order valence-electron chi connectivity index (χ0n) is 15.4. The van der Waals surface area contributed by atoms with Crippen LogP contribution in [0.15, 0.2) is 42.9 Å². The molecule has 3 aromatic rings. The van der Waals surface area contributed by atoms with E-state index in [2.05, 4.69) is 39.0 Å². The zero-order valence-corrected chi connectivity index (χ0v) is 15.4. The maximum absolute atomic E-state index is 5.92. The van der Waals surface area contributed by atoms with Crippen molar-refractivity contribution >= 4 is 0 Å². The molecule has 0 saturated heterocycles. The molecule has 26 heavy (non-hydrogen) atoms. The largest absolute Gasteiger partial charge is 0.375 e. The number of imidazole rings is 1. The average Bonchev–Trinajstić information content (AvgIpc) is 3.27. The SMILES string of the molecule is Cc1c([C@@H]2c3nc[nH]c3CCN2CCOCc2ccccc2)cnn1C. The Morgan fingerprint density at radius 2 is 2.12 bits per heavy atom. The molecule has 2 aromatic heterocycles. The number of hydrogen-bond donors (Lipinski definition) is 1. The third-order valence-electron chi connectivity index (χ3n) is 5.23. The molecule has 0 aliphatic carbocycles. The summed E-state index contributed by atoms with van der Waals surface area (Å²) in [7, 11) is 1.99. The summed E-state index contributed by atoms with van der Waals surface area (Å²) in [6, 6.07) is 10.4. The lowest BCUT2D eigenvalue weighted by molar-refractivity contribution is 0.0797. The van der Waals surface area contributed by atoms with Crippen molar-refractivity contribution in [2.24, 2.45) is 7.05 Å². The average molecular weight is 351 g/mol. The standard InChI is InChI=1S/C20H25N5O/c1-15-17(12-23-24(15)2)20-19-18(21-14-22-19)8-9-25(20)10-11-26-13-16-6-4-3-5-7-16/h3-7,12,14,20H,8-11,13H2,1-2H3,(H,21,22)/t20-/m1/s1. The third kappa shape index (κ3) is 3.30. The number of aromatic amines is 1. The fourth-order valence-electron chi connectivity index (χ4n) is 3.64. The Bertz CT molecular complexity index is 854. The van der Waals surface area contributed by atoms with Gasteiger partial charge in [-0.05, 0) is 12.5 Å². The van der Waals surface area contributed by atoms with E-state index in [4.69, 9.17) is 4.74 Å². The van der Waals surface area contributed by atoms with Crippen molar-refractivity contribution in [3.05, 3.63) is 71.1 Å². The lowest BCUT2D eigenvalue weighted by atomic mass is 9.96. The Labute approximate surface area is 153 Å². The van der Waals surface area contributed by atoms with E-state index < -0.39 is 0 Å². The topological polar surface area (TPSA) is 59.0 Å². The van der Waals surface area contributed by atoms with Gasteiger partial charge < -0.3 is 9.72 Å². The molecule has 0 fully saturated rings. The number of nitrogens with one attached hydrogen (secondary N) is 1. The van der Waals surface area contributed by atoms with Crippen molar-refractivity contribution in [1.82, 2.24) is 24.6 Å². The van der Waals surface area contributed by atoms with Gasteiger partial charge in [-0.25, -0.2) is 4.98 Å². The molecule has 4 rings (SSSR count). The molecule has 6 nitrogen and oxygen atoms in total. The van der Waals surface area contributed by atoms with Crippen molar-refractivity contribution < 1.29 is 4.74 Å². The number of nitrogens with zero attached hydrogens (tertiary/aromatic N) is 4. The molecule has 1 N–H and O–H groups in total. The predicted molar refractivity (Wildman–Crippen MR) is 99.8 cm³/mol. The molecule has 3 heterocycles. The van der Waals surface area contributed by atoms with E-state index in [0.717, 1.165) is 25.2 Å². The molecule has 0 bridgehead atoms. The molecule has 0 saturated carbocycles. The number of H-pyrrole nitrogens is 1. The summed E-state index contributed by atoms with van der Waals surface area (Å²) in [6.07, 6.45) is 4.77. The van der Waals surface area contributed by atoms with Crippen LogP contribution in [-0.2, 0) is 24.8 Å². The Morgan fingerprint density at radius 1 is 1.27 bits per heavy atom. The van der Waals surface area contributed by atoms with Crippen molar-refractivity contribution in [1.29, 1.82) is 0 Å². The highest BCUT2D eigenvalue weighted by Gasteiger charge is 2.32. The van der Waals surface area contributed by atoms with Crippen molar-refractivity contribution in [3.63, 3.8) is 0 Å². The van der Waals surface area contributed by atoms with E-state index >= 15 is 0 Å². The van der Waals surface area contributed by atoms with E-state index in [1.54, 1.807) is 6.33 Å². The van der Waals surface area contributed by atoms with Gasteiger partial charge in [-0.3, -0.25) is 9.58 Å². The first-order chi connectivity index (χ1) is 12.7. The number of rotatable bonds is 6. The maximum atomic E-state index is 5.92. The normalized spacial score (nSPS) is 17.4. The van der Waals surface area contributed by atoms with Crippen molar-refractivity contribution in [2.45, 2.75) is 26.0 Å². The van der Waals surface area contributed by atoms with Gasteiger partial charge in [0.25, 0.3) is 0 Å². The number of aromatic nitrogens is 4. The Kier molecular flexibility index (Phi) is 4.86. The number of fused-ring (bicyclic) bond motifs is 1. The molecule has 1 aliphatic heterocycles. The molecule has 1 aromatic carbocycles. The van der Waals surface area contributed by atoms with Crippen molar-refractivity contribution in [2.75, 3.05) is 19.7 Å². The van der Waals surface area contributed by atoms with Gasteiger partial charge >= 0.3 is 0 Å². The predicted octanol–water partition coefficient (Wildman–Crippen LogP) is 2.62. The first kappa shape index (κ1) is 17.0. The third-order valence-corrected chi connectivity index (χ3v) is 5.23. The van der Waals surface area contributed by atoms with Crippen LogP contribution in [-0.4, -0.2) is 44.3 Å². The van der Waals surface area contributed by atoms with E-state index in [0.29, 0.717) is 13.2 Å². The number of benzene rings is 1. The van der Waals surface area contributed by atoms with Gasteiger partial charge in [0.2, 0.25) is 0 Å². The fraction of sp³-hybridized carbons (Fsp3) is 0.400. The summed E-state index contributed by atoms with van der Waals surface area (Å²) in [6.45, 7) is 5.33. The molecule has 0 amide bonds. The van der Waals surface area contributed by atoms with Crippen LogP contribution in [0.5, 0.6) is 0 Å². The first-order valence-corrected chi connectivity index (χ1v) is 9.10. The molecule has 0 unspecified atom stereocenters. The van der Waals surface area contributed by atoms with E-state index in [1.165, 1.54) is 22.5 Å². The van der Waals surface area contributed by atoms with Crippen LogP contribution in [0.2, 0.25) is 0 Å². The van der Waals surface area contributed by atoms with Gasteiger partial charge in [-0.15, -0.1) is 0 Å². The molecule has 1 aliphatic rings. The quantitative estimate of drug-likeness (QED) is 0.694. The van der Waals surface area contributed by atoms with E-state index in [9.17, 15) is 0 Å². The molecule has 0 radical (unpaired) electrons. The molecular weight excluding hydrogens is 326 g/mol. The van der Waals surface area contributed by atoms with Crippen LogP contribution in [0.3, 0.4) is 0 Å². The molecular formula is C20H25N5O. The van der Waals surface area contributed by atoms with E-state index in [1.807, 2.05) is 36.1 Å². The highest BCUT2D eigenvalue weighted by atomic mass is 16.5. The summed E-state index contributed by atoms with van der Waals surface area (Å²) in [5.74, 6) is 0. The highest BCUT2D eigenvalue weighted by Crippen LogP contribution is 2.34. The lowest BCUT2D eigenvalue weighted by Gasteiger charge is -2.34. The van der Waals surface area contributed by atoms with Gasteiger partial charge in [0, 0.05) is 43.5 Å². The first-order valence-electron chi connectivity index (χ1n) is 9.10. The minimum absolute atomic E-state index is 0.138. The van der Waals surface area contributed by atoms with Gasteiger partial charge in [-0.2, -0.15) is 5.10 Å². The van der Waals surface area contributed by atoms with Gasteiger partial charge in [-0.1, -0.05) is 30.3 Å². The summed E-state index contributed by atoms with van der Waals surface area (Å²) in [5.41, 5.74) is 5.97. The monoisotopic (exact) mass is 351 g/mol. The number of ether oxygens (including phenoxy) is 1. The van der Waals surface area contributed by atoms with E-state index in [-0.39, 0.29) is 6.04 Å². The zero-order chi connectivity index (χ0) is 17.9. The van der Waals surface area contributed by atoms with Gasteiger partial charge in [0.05, 0.1) is 37.5 Å². The minimum atomic E-state index is 0.138. The Hall–Kier alpha value is -2.44. The number of aryl methyl sites for hydroxylation is 1. The summed E-state index contributed by atoms with van der Waals surface area (Å²) in [5, 5.41) is 4.44. The molecule has 136 valence electrons. The highest BCUT2D eigenvalue weighted by molar-refractivity contribution is 5.33. The van der Waals surface area contributed by atoms with Crippen LogP contribution >= 0.6 is 0 Å². The number of hydrogen-bond acceptors (Lipinski definition) is 4. The summed E-state index contributed by atoms with van der Waals surface area (Å²) >= 11 is 0. The van der Waals surface area contributed by atoms with Gasteiger partial charge in [0.15, 0.2) is 0 Å². The van der Waals surface area contributed by atoms with Crippen LogP contribution in [0.4, 0.5) is 0 Å². The molecule has 0 spiro atoms. The van der Waals surface area contributed by atoms with Crippen LogP contribution in [0.1, 0.15) is 34.3 Å². The fourth-order valence-corrected chi connectivity index (χ4v) is 3.64. The van der Waals surface area contributed by atoms with Gasteiger partial charge in [0.1, 0.15) is 0 Å². The van der Waals surface area contributed by atoms with Crippen molar-refractivity contribution in [3.8, 4) is 0 Å². The second-order valence-electron chi connectivity index (χ2n) is 6.80. The summed E-state index contributed by atoms with van der Waals surface area (Å²) < 4.78 is 7.85. The molecule has 6 heteroatoms. The smallest absolute Gasteiger partial charge is 0.0926 e. The minimum Gasteiger partial charge on any atom is -0.375 e. The van der Waals surface area contributed by atoms with Crippen LogP contribution in [0, 0.1) is 6.92 Å².